The number of likely N-dealkylation sites (tertiary alicyclic amines) is 1. The number of ether oxygens (including phenoxy) is 1. The second-order valence-corrected chi connectivity index (χ2v) is 6.12. The van der Waals surface area contributed by atoms with Crippen LogP contribution in [0.5, 0.6) is 5.75 Å². The van der Waals surface area contributed by atoms with Gasteiger partial charge >= 0.3 is 0 Å². The highest BCUT2D eigenvalue weighted by molar-refractivity contribution is 5.80. The second kappa shape index (κ2) is 8.79. The number of amides is 1. The van der Waals surface area contributed by atoms with Crippen molar-refractivity contribution in [3.05, 3.63) is 29.8 Å². The zero-order valence-corrected chi connectivity index (χ0v) is 13.8. The number of piperidine rings is 1. The first-order valence-corrected chi connectivity index (χ1v) is 8.38. The van der Waals surface area contributed by atoms with Gasteiger partial charge < -0.3 is 15.0 Å². The predicted octanol–water partition coefficient (Wildman–Crippen LogP) is 2.75. The fourth-order valence-corrected chi connectivity index (χ4v) is 2.79. The van der Waals surface area contributed by atoms with E-state index < -0.39 is 6.10 Å². The number of hydrogen-bond acceptors (Lipinski definition) is 3. The minimum Gasteiger partial charge on any atom is -0.481 e. The Morgan fingerprint density at radius 1 is 1.32 bits per heavy atom. The van der Waals surface area contributed by atoms with Crippen molar-refractivity contribution in [2.75, 3.05) is 26.2 Å². The molecule has 0 unspecified atom stereocenters. The van der Waals surface area contributed by atoms with Gasteiger partial charge in [-0.15, -0.1) is 0 Å². The van der Waals surface area contributed by atoms with E-state index in [-0.39, 0.29) is 5.91 Å². The number of carbonyl (C=O) groups is 1. The van der Waals surface area contributed by atoms with E-state index in [9.17, 15) is 4.79 Å². The highest BCUT2D eigenvalue weighted by atomic mass is 16.5. The van der Waals surface area contributed by atoms with Crippen molar-refractivity contribution in [3.8, 4) is 5.75 Å². The van der Waals surface area contributed by atoms with Gasteiger partial charge in [-0.3, -0.25) is 4.79 Å². The number of hydrogen-bond donors (Lipinski definition) is 1. The Labute approximate surface area is 133 Å². The Kier molecular flexibility index (Phi) is 6.72. The molecule has 2 rings (SSSR count). The summed E-state index contributed by atoms with van der Waals surface area (Å²) in [6, 6.07) is 7.78. The normalized spacial score (nSPS) is 17.0. The van der Waals surface area contributed by atoms with Crippen molar-refractivity contribution in [2.24, 2.45) is 0 Å². The number of aryl methyl sites for hydroxylation is 1. The van der Waals surface area contributed by atoms with Crippen LogP contribution in [0, 0.1) is 6.92 Å². The van der Waals surface area contributed by atoms with E-state index in [4.69, 9.17) is 4.74 Å². The lowest BCUT2D eigenvalue weighted by Gasteiger charge is -2.26. The lowest BCUT2D eigenvalue weighted by Crippen LogP contribution is -2.38. The SMILES string of the molecule is Cc1cccc(O[C@H](C)C(=O)NCCCN2CCCCC2)c1. The zero-order valence-electron chi connectivity index (χ0n) is 13.8. The molecule has 1 aromatic carbocycles. The molecular weight excluding hydrogens is 276 g/mol. The molecule has 0 aromatic heterocycles. The molecule has 1 saturated heterocycles. The van der Waals surface area contributed by atoms with Crippen LogP contribution >= 0.6 is 0 Å². The second-order valence-electron chi connectivity index (χ2n) is 6.12. The molecule has 0 saturated carbocycles. The van der Waals surface area contributed by atoms with E-state index in [0.717, 1.165) is 30.8 Å². The Morgan fingerprint density at radius 3 is 2.82 bits per heavy atom. The third-order valence-corrected chi connectivity index (χ3v) is 4.07. The van der Waals surface area contributed by atoms with E-state index in [2.05, 4.69) is 10.2 Å². The molecule has 0 radical (unpaired) electrons. The Bertz CT molecular complexity index is 470. The van der Waals surface area contributed by atoms with Gasteiger partial charge in [-0.2, -0.15) is 0 Å². The molecule has 4 nitrogen and oxygen atoms in total. The van der Waals surface area contributed by atoms with Gasteiger partial charge in [0.25, 0.3) is 5.91 Å². The fourth-order valence-electron chi connectivity index (χ4n) is 2.79. The van der Waals surface area contributed by atoms with Crippen molar-refractivity contribution in [2.45, 2.75) is 45.6 Å². The van der Waals surface area contributed by atoms with Crippen LogP contribution in [0.3, 0.4) is 0 Å². The molecule has 1 heterocycles. The molecule has 1 fully saturated rings. The molecule has 1 atom stereocenters. The largest absolute Gasteiger partial charge is 0.481 e. The molecule has 0 bridgehead atoms. The van der Waals surface area contributed by atoms with E-state index in [0.29, 0.717) is 0 Å². The van der Waals surface area contributed by atoms with Crippen LogP contribution in [0.2, 0.25) is 0 Å². The average Bonchev–Trinajstić information content (AvgIpc) is 2.52. The lowest BCUT2D eigenvalue weighted by molar-refractivity contribution is -0.127. The number of nitrogens with zero attached hydrogens (tertiary/aromatic N) is 1. The fraction of sp³-hybridized carbons (Fsp3) is 0.611. The van der Waals surface area contributed by atoms with Crippen molar-refractivity contribution in [1.82, 2.24) is 10.2 Å². The Hall–Kier alpha value is -1.55. The number of nitrogens with one attached hydrogen (secondary N) is 1. The standard InChI is InChI=1S/C18H28N2O2/c1-15-8-6-9-17(14-15)22-16(2)18(21)19-10-7-13-20-11-4-3-5-12-20/h6,8-9,14,16H,3-5,7,10-13H2,1-2H3,(H,19,21)/t16-/m1/s1. The first kappa shape index (κ1) is 16.8. The third kappa shape index (κ3) is 5.68. The molecule has 122 valence electrons. The van der Waals surface area contributed by atoms with Crippen molar-refractivity contribution < 1.29 is 9.53 Å². The molecule has 1 aliphatic rings. The van der Waals surface area contributed by atoms with Gasteiger partial charge in [0.05, 0.1) is 0 Å². The first-order chi connectivity index (χ1) is 10.6. The summed E-state index contributed by atoms with van der Waals surface area (Å²) in [7, 11) is 0. The summed E-state index contributed by atoms with van der Waals surface area (Å²) in [5, 5.41) is 2.97. The molecule has 22 heavy (non-hydrogen) atoms. The van der Waals surface area contributed by atoms with Crippen LogP contribution in [-0.2, 0) is 4.79 Å². The van der Waals surface area contributed by atoms with Gasteiger partial charge in [0.1, 0.15) is 5.75 Å². The van der Waals surface area contributed by atoms with Crippen molar-refractivity contribution in [1.29, 1.82) is 0 Å². The predicted molar refractivity (Wildman–Crippen MR) is 89.2 cm³/mol. The lowest BCUT2D eigenvalue weighted by atomic mass is 10.1. The molecule has 1 amide bonds. The van der Waals surface area contributed by atoms with Crippen LogP contribution in [0.4, 0.5) is 0 Å². The topological polar surface area (TPSA) is 41.6 Å². The number of benzene rings is 1. The van der Waals surface area contributed by atoms with Crippen LogP contribution in [-0.4, -0.2) is 43.1 Å². The zero-order chi connectivity index (χ0) is 15.8. The van der Waals surface area contributed by atoms with E-state index in [1.807, 2.05) is 31.2 Å². The van der Waals surface area contributed by atoms with E-state index >= 15 is 0 Å². The summed E-state index contributed by atoms with van der Waals surface area (Å²) in [5.41, 5.74) is 1.13. The summed E-state index contributed by atoms with van der Waals surface area (Å²) >= 11 is 0. The Morgan fingerprint density at radius 2 is 2.09 bits per heavy atom. The molecular formula is C18H28N2O2. The van der Waals surface area contributed by atoms with Gasteiger partial charge in [0, 0.05) is 6.54 Å². The Balaban J connectivity index is 1.63. The quantitative estimate of drug-likeness (QED) is 0.788. The molecule has 1 N–H and O–H groups in total. The summed E-state index contributed by atoms with van der Waals surface area (Å²) in [6.07, 6.45) is 4.53. The van der Waals surface area contributed by atoms with Crippen LogP contribution < -0.4 is 10.1 Å². The number of carbonyl (C=O) groups excluding carboxylic acids is 1. The van der Waals surface area contributed by atoms with Crippen molar-refractivity contribution in [3.63, 3.8) is 0 Å². The van der Waals surface area contributed by atoms with Gasteiger partial charge in [-0.05, 0) is 70.4 Å². The third-order valence-electron chi connectivity index (χ3n) is 4.07. The van der Waals surface area contributed by atoms with E-state index in [1.54, 1.807) is 6.92 Å². The monoisotopic (exact) mass is 304 g/mol. The smallest absolute Gasteiger partial charge is 0.260 e. The maximum atomic E-state index is 12.0. The number of rotatable bonds is 7. The summed E-state index contributed by atoms with van der Waals surface area (Å²) in [6.45, 7) is 8.02. The minimum atomic E-state index is -0.461. The highest BCUT2D eigenvalue weighted by Gasteiger charge is 2.14. The summed E-state index contributed by atoms with van der Waals surface area (Å²) in [4.78, 5) is 14.5. The summed E-state index contributed by atoms with van der Waals surface area (Å²) in [5.74, 6) is 0.705. The molecule has 0 aliphatic carbocycles. The van der Waals surface area contributed by atoms with Crippen LogP contribution in [0.1, 0.15) is 38.2 Å². The maximum absolute atomic E-state index is 12.0. The first-order valence-electron chi connectivity index (χ1n) is 8.38. The van der Waals surface area contributed by atoms with Gasteiger partial charge in [-0.25, -0.2) is 0 Å². The minimum absolute atomic E-state index is 0.0415. The molecule has 1 aromatic rings. The van der Waals surface area contributed by atoms with Crippen molar-refractivity contribution >= 4 is 5.91 Å². The maximum Gasteiger partial charge on any atom is 0.260 e. The molecule has 4 heteroatoms. The van der Waals surface area contributed by atoms with Crippen LogP contribution in [0.25, 0.3) is 0 Å². The van der Waals surface area contributed by atoms with E-state index in [1.165, 1.54) is 32.4 Å². The van der Waals surface area contributed by atoms with Crippen LogP contribution in [0.15, 0.2) is 24.3 Å². The van der Waals surface area contributed by atoms with Gasteiger partial charge in [0.2, 0.25) is 0 Å². The molecule has 1 aliphatic heterocycles. The summed E-state index contributed by atoms with van der Waals surface area (Å²) < 4.78 is 5.68. The molecule has 0 spiro atoms. The van der Waals surface area contributed by atoms with Gasteiger partial charge in [-0.1, -0.05) is 18.6 Å². The average molecular weight is 304 g/mol. The van der Waals surface area contributed by atoms with Gasteiger partial charge in [0.15, 0.2) is 6.10 Å². The highest BCUT2D eigenvalue weighted by Crippen LogP contribution is 2.14.